The second-order valence-electron chi connectivity index (χ2n) is 5.82. The summed E-state index contributed by atoms with van der Waals surface area (Å²) >= 11 is 0. The minimum Gasteiger partial charge on any atom is -0.381 e. The van der Waals surface area contributed by atoms with Crippen LogP contribution in [0.4, 0.5) is 11.9 Å². The largest absolute Gasteiger partial charge is 0.381 e. The third-order valence-electron chi connectivity index (χ3n) is 3.85. The molecule has 1 aromatic heterocycles. The van der Waals surface area contributed by atoms with E-state index in [2.05, 4.69) is 37.3 Å². The number of aromatic nitrogens is 3. The van der Waals surface area contributed by atoms with E-state index in [4.69, 9.17) is 4.74 Å². The van der Waals surface area contributed by atoms with Gasteiger partial charge in [0.1, 0.15) is 0 Å². The van der Waals surface area contributed by atoms with Gasteiger partial charge in [-0.2, -0.15) is 15.0 Å². The second kappa shape index (κ2) is 8.87. The Labute approximate surface area is 153 Å². The van der Waals surface area contributed by atoms with E-state index in [0.717, 1.165) is 31.0 Å². The van der Waals surface area contributed by atoms with Crippen molar-refractivity contribution in [3.8, 4) is 11.4 Å². The van der Waals surface area contributed by atoms with Gasteiger partial charge in [-0.3, -0.25) is 4.99 Å². The van der Waals surface area contributed by atoms with Gasteiger partial charge in [0, 0.05) is 29.9 Å². The average Bonchev–Trinajstić information content (AvgIpc) is 2.64. The van der Waals surface area contributed by atoms with Crippen molar-refractivity contribution in [1.29, 1.82) is 0 Å². The molecule has 1 aromatic carbocycles. The number of allylic oxidation sites excluding steroid dienone is 2. The second-order valence-corrected chi connectivity index (χ2v) is 5.82. The molecule has 0 spiro atoms. The molecule has 1 aliphatic rings. The summed E-state index contributed by atoms with van der Waals surface area (Å²) in [5.41, 5.74) is 1.75. The number of anilines is 2. The Kier molecular flexibility index (Phi) is 6.05. The predicted octanol–water partition coefficient (Wildman–Crippen LogP) is 3.13. The predicted molar refractivity (Wildman–Crippen MR) is 104 cm³/mol. The monoisotopic (exact) mass is 350 g/mol. The lowest BCUT2D eigenvalue weighted by Crippen LogP contribution is -2.33. The van der Waals surface area contributed by atoms with E-state index in [9.17, 15) is 0 Å². The Balaban J connectivity index is 1.86. The summed E-state index contributed by atoms with van der Waals surface area (Å²) in [6.45, 7) is 7.69. The van der Waals surface area contributed by atoms with Crippen molar-refractivity contribution < 1.29 is 4.74 Å². The first-order valence-electron chi connectivity index (χ1n) is 8.47. The molecule has 0 saturated carbocycles. The van der Waals surface area contributed by atoms with E-state index in [1.165, 1.54) is 0 Å². The summed E-state index contributed by atoms with van der Waals surface area (Å²) < 4.78 is 5.21. The maximum Gasteiger partial charge on any atom is 0.232 e. The van der Waals surface area contributed by atoms with Crippen molar-refractivity contribution in [2.75, 3.05) is 30.4 Å². The van der Waals surface area contributed by atoms with E-state index >= 15 is 0 Å². The lowest BCUT2D eigenvalue weighted by molar-refractivity contribution is -0.0249. The minimum absolute atomic E-state index is 0.466. The summed E-state index contributed by atoms with van der Waals surface area (Å²) in [5.74, 6) is 2.11. The lowest BCUT2D eigenvalue weighted by Gasteiger charge is -2.26. The summed E-state index contributed by atoms with van der Waals surface area (Å²) in [6, 6.07) is 9.83. The normalized spacial score (nSPS) is 14.9. The first kappa shape index (κ1) is 17.8. The molecule has 7 heteroatoms. The minimum atomic E-state index is 0.466. The van der Waals surface area contributed by atoms with Gasteiger partial charge in [0.15, 0.2) is 5.82 Å². The van der Waals surface area contributed by atoms with Crippen LogP contribution in [0.1, 0.15) is 6.92 Å². The molecule has 1 fully saturated rings. The van der Waals surface area contributed by atoms with Crippen LogP contribution >= 0.6 is 0 Å². The Hall–Kier alpha value is -3.06. The van der Waals surface area contributed by atoms with Gasteiger partial charge in [-0.05, 0) is 19.7 Å². The van der Waals surface area contributed by atoms with Crippen LogP contribution < -0.4 is 10.6 Å². The molecule has 0 atom stereocenters. The van der Waals surface area contributed by atoms with Gasteiger partial charge >= 0.3 is 0 Å². The van der Waals surface area contributed by atoms with Gasteiger partial charge in [0.05, 0.1) is 13.2 Å². The van der Waals surface area contributed by atoms with Crippen molar-refractivity contribution in [1.82, 2.24) is 15.0 Å². The van der Waals surface area contributed by atoms with Gasteiger partial charge in [-0.15, -0.1) is 0 Å². The number of nitrogens with one attached hydrogen (secondary N) is 2. The molecule has 134 valence electrons. The number of aliphatic imine (C=N–C) groups is 1. The van der Waals surface area contributed by atoms with Crippen LogP contribution in [0.25, 0.3) is 11.4 Å². The van der Waals surface area contributed by atoms with Crippen molar-refractivity contribution in [2.45, 2.75) is 6.92 Å². The third kappa shape index (κ3) is 4.73. The molecule has 2 aromatic rings. The molecule has 3 rings (SSSR count). The molecular formula is C19H22N6O. The summed E-state index contributed by atoms with van der Waals surface area (Å²) in [5, 5.41) is 6.47. The van der Waals surface area contributed by atoms with E-state index in [-0.39, 0.29) is 0 Å². The van der Waals surface area contributed by atoms with Crippen LogP contribution in [-0.2, 0) is 4.74 Å². The van der Waals surface area contributed by atoms with Crippen LogP contribution in [0.15, 0.2) is 59.4 Å². The zero-order chi connectivity index (χ0) is 18.2. The van der Waals surface area contributed by atoms with Crippen molar-refractivity contribution in [3.05, 3.63) is 54.4 Å². The van der Waals surface area contributed by atoms with Crippen LogP contribution in [0, 0.1) is 5.92 Å². The highest BCUT2D eigenvalue weighted by Crippen LogP contribution is 2.19. The zero-order valence-electron chi connectivity index (χ0n) is 14.7. The van der Waals surface area contributed by atoms with E-state index in [0.29, 0.717) is 23.6 Å². The zero-order valence-corrected chi connectivity index (χ0v) is 14.7. The fourth-order valence-electron chi connectivity index (χ4n) is 2.34. The van der Waals surface area contributed by atoms with Crippen molar-refractivity contribution in [2.24, 2.45) is 10.9 Å². The van der Waals surface area contributed by atoms with Crippen molar-refractivity contribution >= 4 is 18.6 Å². The number of nitrogens with zero attached hydrogens (tertiary/aromatic N) is 4. The topological polar surface area (TPSA) is 84.3 Å². The maximum atomic E-state index is 5.21. The average molecular weight is 350 g/mol. The number of benzene rings is 1. The first-order valence-corrected chi connectivity index (χ1v) is 8.47. The van der Waals surface area contributed by atoms with E-state index in [1.54, 1.807) is 12.3 Å². The third-order valence-corrected chi connectivity index (χ3v) is 3.85. The quantitative estimate of drug-likeness (QED) is 0.562. The fraction of sp³-hybridized carbons (Fsp3) is 0.263. The Bertz CT molecular complexity index is 799. The highest BCUT2D eigenvalue weighted by atomic mass is 16.5. The highest BCUT2D eigenvalue weighted by molar-refractivity contribution is 5.58. The molecule has 0 bridgehead atoms. The molecule has 7 nitrogen and oxygen atoms in total. The fourth-order valence-corrected chi connectivity index (χ4v) is 2.34. The molecule has 0 aliphatic carbocycles. The summed E-state index contributed by atoms with van der Waals surface area (Å²) in [4.78, 5) is 17.3. The van der Waals surface area contributed by atoms with Gasteiger partial charge in [0.2, 0.25) is 11.9 Å². The van der Waals surface area contributed by atoms with Crippen LogP contribution in [0.2, 0.25) is 0 Å². The smallest absolute Gasteiger partial charge is 0.232 e. The molecule has 0 unspecified atom stereocenters. The first-order chi connectivity index (χ1) is 12.8. The van der Waals surface area contributed by atoms with Gasteiger partial charge < -0.3 is 15.4 Å². The Morgan fingerprint density at radius 3 is 2.65 bits per heavy atom. The standard InChI is InChI=1S/C19H22N6O/c1-3-16(9-10-20-2)22-19-24-17(15-7-5-4-6-8-15)23-18(25-19)21-11-14-12-26-13-14/h3-10,14H,2,11-13H2,1H3,(H2,21,22,23,24,25)/b10-9-,16-3+. The number of rotatable bonds is 8. The maximum absolute atomic E-state index is 5.21. The number of ether oxygens (including phenoxy) is 1. The summed E-state index contributed by atoms with van der Waals surface area (Å²) in [7, 11) is 0. The summed E-state index contributed by atoms with van der Waals surface area (Å²) in [6.07, 6.45) is 5.32. The highest BCUT2D eigenvalue weighted by Gasteiger charge is 2.18. The molecule has 0 radical (unpaired) electrons. The molecule has 0 amide bonds. The van der Waals surface area contributed by atoms with E-state index in [1.807, 2.05) is 43.3 Å². The molecule has 1 aliphatic heterocycles. The molecule has 2 N–H and O–H groups in total. The van der Waals surface area contributed by atoms with Crippen LogP contribution in [0.5, 0.6) is 0 Å². The van der Waals surface area contributed by atoms with Crippen LogP contribution in [-0.4, -0.2) is 41.4 Å². The lowest BCUT2D eigenvalue weighted by atomic mass is 10.1. The van der Waals surface area contributed by atoms with E-state index < -0.39 is 0 Å². The van der Waals surface area contributed by atoms with Crippen LogP contribution in [0.3, 0.4) is 0 Å². The Morgan fingerprint density at radius 2 is 2.00 bits per heavy atom. The molecule has 1 saturated heterocycles. The van der Waals surface area contributed by atoms with Gasteiger partial charge in [-0.1, -0.05) is 36.4 Å². The molecule has 2 heterocycles. The molecule has 26 heavy (non-hydrogen) atoms. The molecular weight excluding hydrogens is 328 g/mol. The van der Waals surface area contributed by atoms with Crippen molar-refractivity contribution in [3.63, 3.8) is 0 Å². The SMILES string of the molecule is C=N/C=C\C(=C/C)Nc1nc(NCC2COC2)nc(-c2ccccc2)n1. The van der Waals surface area contributed by atoms with Gasteiger partial charge in [-0.25, -0.2) is 0 Å². The van der Waals surface area contributed by atoms with Gasteiger partial charge in [0.25, 0.3) is 0 Å². The Morgan fingerprint density at radius 1 is 1.23 bits per heavy atom. The number of hydrogen-bond acceptors (Lipinski definition) is 7. The number of hydrogen-bond donors (Lipinski definition) is 2.